The molecule has 0 bridgehead atoms. The number of rotatable bonds is 9. The van der Waals surface area contributed by atoms with Gasteiger partial charge in [0.05, 0.1) is 29.6 Å². The summed E-state index contributed by atoms with van der Waals surface area (Å²) in [6, 6.07) is -0.143. The van der Waals surface area contributed by atoms with Crippen molar-refractivity contribution in [3.05, 3.63) is 47.9 Å². The minimum atomic E-state index is -4.49. The Labute approximate surface area is 249 Å². The number of amides is 1. The normalized spacial score (nSPS) is 17.7. The third-order valence-electron chi connectivity index (χ3n) is 7.99. The van der Waals surface area contributed by atoms with Crippen molar-refractivity contribution < 1.29 is 23.1 Å². The maximum atomic E-state index is 13.3. The lowest BCUT2D eigenvalue weighted by Crippen LogP contribution is -2.42. The van der Waals surface area contributed by atoms with Crippen LogP contribution in [0.25, 0.3) is 16.5 Å². The minimum Gasteiger partial charge on any atom is -0.378 e. The lowest BCUT2D eigenvalue weighted by Gasteiger charge is -2.36. The monoisotopic (exact) mass is 616 g/mol. The summed E-state index contributed by atoms with van der Waals surface area (Å²) >= 11 is 1.04. The van der Waals surface area contributed by atoms with Gasteiger partial charge < -0.3 is 19.9 Å². The molecular weight excluding hydrogens is 585 g/mol. The lowest BCUT2D eigenvalue weighted by atomic mass is 9.94. The second kappa shape index (κ2) is 11.7. The van der Waals surface area contributed by atoms with Gasteiger partial charge in [-0.25, -0.2) is 15.0 Å². The van der Waals surface area contributed by atoms with Crippen LogP contribution < -0.4 is 15.5 Å². The fraction of sp³-hybridized carbons (Fsp3) is 0.481. The average molecular weight is 617 g/mol. The van der Waals surface area contributed by atoms with Crippen LogP contribution in [-0.2, 0) is 0 Å². The number of imidazole rings is 1. The van der Waals surface area contributed by atoms with Crippen LogP contribution in [0.4, 0.5) is 24.7 Å². The molecule has 16 heteroatoms. The molecule has 43 heavy (non-hydrogen) atoms. The summed E-state index contributed by atoms with van der Waals surface area (Å²) in [5, 5.41) is 25.0. The van der Waals surface area contributed by atoms with E-state index in [1.165, 1.54) is 5.38 Å². The molecule has 6 rings (SSSR count). The number of carbonyl (C=O) groups excluding carboxylic acids is 1. The number of carbonyl (C=O) groups is 1. The fourth-order valence-electron chi connectivity index (χ4n) is 5.21. The van der Waals surface area contributed by atoms with Crippen LogP contribution in [0.1, 0.15) is 60.7 Å². The van der Waals surface area contributed by atoms with Crippen molar-refractivity contribution >= 4 is 28.7 Å². The number of nitrogens with one attached hydrogen (secondary N) is 2. The van der Waals surface area contributed by atoms with Crippen molar-refractivity contribution in [3.8, 4) is 16.5 Å². The largest absolute Gasteiger partial charge is 0.408 e. The van der Waals surface area contributed by atoms with E-state index in [1.807, 2.05) is 10.8 Å². The van der Waals surface area contributed by atoms with Crippen LogP contribution in [0, 0.1) is 5.92 Å². The molecule has 4 aromatic heterocycles. The molecule has 4 aromatic rings. The van der Waals surface area contributed by atoms with Crippen molar-refractivity contribution in [1.82, 2.24) is 39.6 Å². The zero-order chi connectivity index (χ0) is 30.3. The molecule has 0 radical (unpaired) electrons. The number of aliphatic hydroxyl groups is 1. The van der Waals surface area contributed by atoms with Gasteiger partial charge in [0.1, 0.15) is 30.1 Å². The molecule has 2 atom stereocenters. The summed E-state index contributed by atoms with van der Waals surface area (Å²) in [5.41, 5.74) is 2.75. The van der Waals surface area contributed by atoms with Gasteiger partial charge in [0.25, 0.3) is 5.91 Å². The number of anilines is 2. The highest BCUT2D eigenvalue weighted by molar-refractivity contribution is 7.13. The summed E-state index contributed by atoms with van der Waals surface area (Å²) in [6.07, 6.45) is 5.17. The van der Waals surface area contributed by atoms with Gasteiger partial charge in [-0.1, -0.05) is 0 Å². The van der Waals surface area contributed by atoms with Gasteiger partial charge in [-0.3, -0.25) is 14.7 Å². The first-order valence-corrected chi connectivity index (χ1v) is 14.9. The van der Waals surface area contributed by atoms with E-state index < -0.39 is 24.4 Å². The zero-order valence-electron chi connectivity index (χ0n) is 23.5. The highest BCUT2D eigenvalue weighted by Gasteiger charge is 2.39. The molecule has 2 fully saturated rings. The Balaban J connectivity index is 1.24. The van der Waals surface area contributed by atoms with Crippen LogP contribution in [0.5, 0.6) is 0 Å². The summed E-state index contributed by atoms with van der Waals surface area (Å²) in [6.45, 7) is 2.44. The molecule has 1 amide bonds. The molecule has 1 unspecified atom stereocenters. The number of aliphatic hydroxyl groups excluding tert-OH is 1. The average Bonchev–Trinajstić information content (AvgIpc) is 3.36. The topological polar surface area (TPSA) is 139 Å². The Kier molecular flexibility index (Phi) is 7.91. The molecule has 1 aliphatic carbocycles. The Morgan fingerprint density at radius 3 is 2.60 bits per heavy atom. The van der Waals surface area contributed by atoms with E-state index in [1.54, 1.807) is 25.6 Å². The lowest BCUT2D eigenvalue weighted by molar-refractivity contribution is -0.162. The molecule has 3 N–H and O–H groups in total. The van der Waals surface area contributed by atoms with Crippen molar-refractivity contribution in [3.63, 3.8) is 0 Å². The molecule has 228 valence electrons. The molecular formula is C27H31F3N10O2S. The number of nitrogens with zero attached hydrogens (tertiary/aromatic N) is 8. The number of alkyl halides is 3. The van der Waals surface area contributed by atoms with E-state index >= 15 is 0 Å². The number of halogens is 3. The van der Waals surface area contributed by atoms with Crippen molar-refractivity contribution in [1.29, 1.82) is 0 Å². The first-order valence-electron chi connectivity index (χ1n) is 14.0. The Morgan fingerprint density at radius 1 is 1.14 bits per heavy atom. The first-order chi connectivity index (χ1) is 20.6. The van der Waals surface area contributed by atoms with Crippen molar-refractivity contribution in [2.75, 3.05) is 30.4 Å². The Morgan fingerprint density at radius 2 is 1.91 bits per heavy atom. The number of hydrogen-bond acceptors (Lipinski definition) is 10. The van der Waals surface area contributed by atoms with Crippen LogP contribution in [-0.4, -0.2) is 77.8 Å². The minimum absolute atomic E-state index is 0.0438. The standard InChI is InChI=1S/C27H31F3N10O2S/c1-15(27(28,29)30)40-14-34-37-23(40)26-36-22(12-43-26)35-25(42)18-9-20(39-11-19(33-13-39)16-3-4-16)21(10-32-18)38-7-5-17(6-8-38)24(41)31-2/h9-17,24,31,41H,3-8H2,1-2H3,(H,35,42)/t15-,24?/m0/s1. The third-order valence-corrected chi connectivity index (χ3v) is 8.83. The van der Waals surface area contributed by atoms with Crippen LogP contribution in [0.15, 0.2) is 36.5 Å². The third kappa shape index (κ3) is 6.12. The second-order valence-electron chi connectivity index (χ2n) is 10.9. The molecule has 1 saturated heterocycles. The van der Waals surface area contributed by atoms with Crippen molar-refractivity contribution in [2.24, 2.45) is 5.92 Å². The number of thiazole rings is 1. The van der Waals surface area contributed by atoms with Crippen LogP contribution in [0.3, 0.4) is 0 Å². The summed E-state index contributed by atoms with van der Waals surface area (Å²) in [7, 11) is 1.74. The van der Waals surface area contributed by atoms with Gasteiger partial charge in [-0.15, -0.1) is 21.5 Å². The quantitative estimate of drug-likeness (QED) is 0.238. The summed E-state index contributed by atoms with van der Waals surface area (Å²) < 4.78 is 42.7. The van der Waals surface area contributed by atoms with E-state index in [0.29, 0.717) is 19.0 Å². The molecule has 5 heterocycles. The Hall–Kier alpha value is -3.89. The fourth-order valence-corrected chi connectivity index (χ4v) is 5.95. The predicted octanol–water partition coefficient (Wildman–Crippen LogP) is 3.99. The number of piperidine rings is 1. The molecule has 0 spiro atoms. The van der Waals surface area contributed by atoms with Gasteiger partial charge in [0.2, 0.25) is 0 Å². The predicted molar refractivity (Wildman–Crippen MR) is 153 cm³/mol. The number of hydrogen-bond donors (Lipinski definition) is 3. The highest BCUT2D eigenvalue weighted by atomic mass is 32.1. The number of aromatic nitrogens is 7. The molecule has 12 nitrogen and oxygen atoms in total. The van der Waals surface area contributed by atoms with E-state index in [9.17, 15) is 23.1 Å². The van der Waals surface area contributed by atoms with E-state index in [0.717, 1.165) is 71.9 Å². The second-order valence-corrected chi connectivity index (χ2v) is 11.7. The smallest absolute Gasteiger partial charge is 0.378 e. The maximum Gasteiger partial charge on any atom is 0.408 e. The van der Waals surface area contributed by atoms with Gasteiger partial charge in [0.15, 0.2) is 10.8 Å². The van der Waals surface area contributed by atoms with E-state index in [4.69, 9.17) is 0 Å². The SMILES string of the molecule is CNC(O)C1CCN(c2cnc(C(=O)Nc3csc(-c4nncn4[C@@H](C)C(F)(F)F)n3)cc2-n2cnc(C3CC3)c2)CC1. The van der Waals surface area contributed by atoms with Crippen molar-refractivity contribution in [2.45, 2.75) is 57.0 Å². The van der Waals surface area contributed by atoms with Gasteiger partial charge in [0, 0.05) is 36.5 Å². The summed E-state index contributed by atoms with van der Waals surface area (Å²) in [4.78, 5) is 28.8. The van der Waals surface area contributed by atoms with E-state index in [-0.39, 0.29) is 28.3 Å². The molecule has 0 aromatic carbocycles. The van der Waals surface area contributed by atoms with Gasteiger partial charge in [-0.05, 0) is 45.7 Å². The first kappa shape index (κ1) is 29.2. The van der Waals surface area contributed by atoms with Gasteiger partial charge in [-0.2, -0.15) is 13.2 Å². The zero-order valence-corrected chi connectivity index (χ0v) is 24.3. The highest BCUT2D eigenvalue weighted by Crippen LogP contribution is 2.40. The molecule has 2 aliphatic rings. The summed E-state index contributed by atoms with van der Waals surface area (Å²) in [5.74, 6) is 0.198. The van der Waals surface area contributed by atoms with Crippen LogP contribution >= 0.6 is 11.3 Å². The Bertz CT molecular complexity index is 1590. The maximum absolute atomic E-state index is 13.3. The molecule has 1 saturated carbocycles. The van der Waals surface area contributed by atoms with E-state index in [2.05, 4.69) is 40.7 Å². The van der Waals surface area contributed by atoms with Crippen LogP contribution in [0.2, 0.25) is 0 Å². The van der Waals surface area contributed by atoms with Gasteiger partial charge >= 0.3 is 6.18 Å². The number of pyridine rings is 1. The molecule has 1 aliphatic heterocycles.